The third-order valence-electron chi connectivity index (χ3n) is 4.97. The number of benzene rings is 1. The smallest absolute Gasteiger partial charge is 0.161 e. The number of nitrogens with zero attached hydrogens (tertiary/aromatic N) is 1. The molecule has 1 aromatic rings. The van der Waals surface area contributed by atoms with E-state index in [1.165, 1.54) is 13.2 Å². The first kappa shape index (κ1) is 17.5. The SMILES string of the molecule is COCC1(C)Oc2ccc(C#N)cc2C(OC2=CC(=O)CC2)C1(C)O. The number of aliphatic hydroxyl groups is 1. The van der Waals surface area contributed by atoms with Crippen molar-refractivity contribution < 1.29 is 24.1 Å². The Morgan fingerprint density at radius 2 is 2.16 bits per heavy atom. The predicted octanol–water partition coefficient (Wildman–Crippen LogP) is 2.41. The molecule has 0 bridgehead atoms. The van der Waals surface area contributed by atoms with Crippen LogP contribution in [-0.4, -0.2) is 35.8 Å². The maximum absolute atomic E-state index is 11.5. The van der Waals surface area contributed by atoms with Crippen molar-refractivity contribution in [3.05, 3.63) is 41.2 Å². The molecule has 0 saturated carbocycles. The minimum Gasteiger partial charge on any atom is -0.487 e. The second-order valence-electron chi connectivity index (χ2n) is 6.85. The molecular formula is C19H21NO5. The summed E-state index contributed by atoms with van der Waals surface area (Å²) >= 11 is 0. The zero-order valence-electron chi connectivity index (χ0n) is 14.5. The molecular weight excluding hydrogens is 322 g/mol. The van der Waals surface area contributed by atoms with E-state index in [1.807, 2.05) is 0 Å². The van der Waals surface area contributed by atoms with Gasteiger partial charge in [-0.15, -0.1) is 0 Å². The Labute approximate surface area is 146 Å². The maximum Gasteiger partial charge on any atom is 0.161 e. The Hall–Kier alpha value is -2.36. The quantitative estimate of drug-likeness (QED) is 0.903. The highest BCUT2D eigenvalue weighted by molar-refractivity contribution is 5.92. The van der Waals surface area contributed by atoms with Crippen LogP contribution in [0.3, 0.4) is 0 Å². The Balaban J connectivity index is 2.09. The zero-order chi connectivity index (χ0) is 18.2. The molecule has 6 heteroatoms. The van der Waals surface area contributed by atoms with Crippen LogP contribution in [0.5, 0.6) is 5.75 Å². The molecule has 1 aliphatic heterocycles. The highest BCUT2D eigenvalue weighted by Gasteiger charge is 2.57. The lowest BCUT2D eigenvalue weighted by Crippen LogP contribution is -2.62. The predicted molar refractivity (Wildman–Crippen MR) is 88.8 cm³/mol. The number of hydrogen-bond acceptors (Lipinski definition) is 6. The molecule has 0 amide bonds. The van der Waals surface area contributed by atoms with Crippen molar-refractivity contribution in [2.24, 2.45) is 0 Å². The minimum atomic E-state index is -1.45. The Morgan fingerprint density at radius 1 is 1.40 bits per heavy atom. The van der Waals surface area contributed by atoms with Crippen LogP contribution in [0.4, 0.5) is 0 Å². The van der Waals surface area contributed by atoms with Gasteiger partial charge in [0.25, 0.3) is 0 Å². The lowest BCUT2D eigenvalue weighted by Gasteiger charge is -2.50. The molecule has 3 atom stereocenters. The lowest BCUT2D eigenvalue weighted by atomic mass is 9.76. The standard InChI is InChI=1S/C19H21NO5/c1-18(11-23-3)19(2,22)17(24-14-6-5-13(21)9-14)15-8-12(10-20)4-7-16(15)25-18/h4,7-9,17,22H,5-6,11H2,1-3H3. The van der Waals surface area contributed by atoms with Gasteiger partial charge in [-0.1, -0.05) is 0 Å². The summed E-state index contributed by atoms with van der Waals surface area (Å²) < 4.78 is 17.3. The van der Waals surface area contributed by atoms with Crippen LogP contribution in [0, 0.1) is 11.3 Å². The highest BCUT2D eigenvalue weighted by atomic mass is 16.6. The van der Waals surface area contributed by atoms with Crippen LogP contribution in [0.15, 0.2) is 30.0 Å². The number of rotatable bonds is 4. The normalized spacial score (nSPS) is 30.9. The number of hydrogen-bond donors (Lipinski definition) is 1. The first-order valence-electron chi connectivity index (χ1n) is 8.15. The van der Waals surface area contributed by atoms with E-state index in [0.29, 0.717) is 35.5 Å². The second-order valence-corrected chi connectivity index (χ2v) is 6.85. The van der Waals surface area contributed by atoms with Crippen LogP contribution in [0.2, 0.25) is 0 Å². The molecule has 0 fully saturated rings. The molecule has 1 heterocycles. The molecule has 0 radical (unpaired) electrons. The molecule has 3 unspecified atom stereocenters. The molecule has 6 nitrogen and oxygen atoms in total. The number of carbonyl (C=O) groups excluding carboxylic acids is 1. The summed E-state index contributed by atoms with van der Waals surface area (Å²) in [6.07, 6.45) is 1.58. The van der Waals surface area contributed by atoms with E-state index in [-0.39, 0.29) is 12.4 Å². The Morgan fingerprint density at radius 3 is 2.76 bits per heavy atom. The van der Waals surface area contributed by atoms with Gasteiger partial charge in [0.2, 0.25) is 0 Å². The lowest BCUT2D eigenvalue weighted by molar-refractivity contribution is -0.210. The van der Waals surface area contributed by atoms with Gasteiger partial charge in [0.1, 0.15) is 17.1 Å². The van der Waals surface area contributed by atoms with Gasteiger partial charge < -0.3 is 19.3 Å². The number of methoxy groups -OCH3 is 1. The fraction of sp³-hybridized carbons (Fsp3) is 0.474. The van der Waals surface area contributed by atoms with Crippen LogP contribution in [0.1, 0.15) is 43.9 Å². The monoisotopic (exact) mass is 343 g/mol. The molecule has 1 aliphatic carbocycles. The van der Waals surface area contributed by atoms with Crippen molar-refractivity contribution in [1.29, 1.82) is 5.26 Å². The van der Waals surface area contributed by atoms with Crippen molar-refractivity contribution in [3.8, 4) is 11.8 Å². The average Bonchev–Trinajstić information content (AvgIpc) is 2.97. The molecule has 3 rings (SSSR count). The third kappa shape index (κ3) is 2.90. The molecule has 0 aromatic heterocycles. The van der Waals surface area contributed by atoms with Crippen molar-refractivity contribution >= 4 is 5.78 Å². The van der Waals surface area contributed by atoms with E-state index in [1.54, 1.807) is 32.0 Å². The van der Waals surface area contributed by atoms with E-state index in [2.05, 4.69) is 6.07 Å². The fourth-order valence-corrected chi connectivity index (χ4v) is 3.29. The Bertz CT molecular complexity index is 777. The molecule has 132 valence electrons. The van der Waals surface area contributed by atoms with E-state index >= 15 is 0 Å². The molecule has 1 aromatic carbocycles. The van der Waals surface area contributed by atoms with E-state index in [9.17, 15) is 15.2 Å². The van der Waals surface area contributed by atoms with Gasteiger partial charge >= 0.3 is 0 Å². The number of fused-ring (bicyclic) bond motifs is 1. The summed E-state index contributed by atoms with van der Waals surface area (Å²) in [6, 6.07) is 7.09. The largest absolute Gasteiger partial charge is 0.487 e. The van der Waals surface area contributed by atoms with Gasteiger partial charge in [-0.2, -0.15) is 5.26 Å². The first-order valence-corrected chi connectivity index (χ1v) is 8.15. The van der Waals surface area contributed by atoms with E-state index < -0.39 is 17.3 Å². The number of allylic oxidation sites excluding steroid dienone is 2. The summed E-state index contributed by atoms with van der Waals surface area (Å²) in [4.78, 5) is 11.5. The van der Waals surface area contributed by atoms with Crippen molar-refractivity contribution in [3.63, 3.8) is 0 Å². The van der Waals surface area contributed by atoms with Gasteiger partial charge in [-0.05, 0) is 32.0 Å². The van der Waals surface area contributed by atoms with Gasteiger partial charge in [-0.3, -0.25) is 4.79 Å². The third-order valence-corrected chi connectivity index (χ3v) is 4.97. The number of carbonyl (C=O) groups is 1. The molecule has 25 heavy (non-hydrogen) atoms. The number of ether oxygens (including phenoxy) is 3. The molecule has 1 N–H and O–H groups in total. The zero-order valence-corrected chi connectivity index (χ0v) is 14.5. The van der Waals surface area contributed by atoms with Crippen molar-refractivity contribution in [2.75, 3.05) is 13.7 Å². The summed E-state index contributed by atoms with van der Waals surface area (Å²) in [7, 11) is 1.53. The Kier molecular flexibility index (Phi) is 4.31. The fourth-order valence-electron chi connectivity index (χ4n) is 3.29. The number of ketones is 1. The summed E-state index contributed by atoms with van der Waals surface area (Å²) in [5.74, 6) is 1.07. The minimum absolute atomic E-state index is 0.00681. The second kappa shape index (κ2) is 6.17. The van der Waals surface area contributed by atoms with Crippen LogP contribution in [-0.2, 0) is 14.3 Å². The van der Waals surface area contributed by atoms with Gasteiger partial charge in [0, 0.05) is 31.6 Å². The van der Waals surface area contributed by atoms with Crippen LogP contribution in [0.25, 0.3) is 0 Å². The van der Waals surface area contributed by atoms with Gasteiger partial charge in [-0.25, -0.2) is 0 Å². The number of nitriles is 1. The maximum atomic E-state index is 11.5. The topological polar surface area (TPSA) is 88.8 Å². The van der Waals surface area contributed by atoms with Gasteiger partial charge in [0.05, 0.1) is 18.2 Å². The summed E-state index contributed by atoms with van der Waals surface area (Å²) in [5, 5.41) is 20.5. The van der Waals surface area contributed by atoms with Gasteiger partial charge in [0.15, 0.2) is 17.5 Å². The van der Waals surface area contributed by atoms with E-state index in [0.717, 1.165) is 0 Å². The average molecular weight is 343 g/mol. The highest BCUT2D eigenvalue weighted by Crippen LogP contribution is 2.49. The molecule has 0 saturated heterocycles. The van der Waals surface area contributed by atoms with Crippen LogP contribution < -0.4 is 4.74 Å². The van der Waals surface area contributed by atoms with Crippen LogP contribution >= 0.6 is 0 Å². The summed E-state index contributed by atoms with van der Waals surface area (Å²) in [6.45, 7) is 3.52. The first-order chi connectivity index (χ1) is 11.8. The summed E-state index contributed by atoms with van der Waals surface area (Å²) in [5.41, 5.74) is -1.48. The molecule has 2 aliphatic rings. The van der Waals surface area contributed by atoms with E-state index in [4.69, 9.17) is 14.2 Å². The van der Waals surface area contributed by atoms with Crippen molar-refractivity contribution in [1.82, 2.24) is 0 Å². The van der Waals surface area contributed by atoms with Crippen molar-refractivity contribution in [2.45, 2.75) is 44.0 Å². The molecule has 0 spiro atoms.